The van der Waals surface area contributed by atoms with E-state index in [1.54, 1.807) is 0 Å². The topological polar surface area (TPSA) is 71.1 Å². The Morgan fingerprint density at radius 3 is 2.44 bits per heavy atom. The first-order valence-corrected chi connectivity index (χ1v) is 8.59. The van der Waals surface area contributed by atoms with E-state index in [1.807, 2.05) is 0 Å². The fourth-order valence-electron chi connectivity index (χ4n) is 3.06. The predicted molar refractivity (Wildman–Crippen MR) is 93.4 cm³/mol. The van der Waals surface area contributed by atoms with Crippen LogP contribution in [0, 0.1) is 0 Å². The number of carbonyl (C=O) groups is 2. The summed E-state index contributed by atoms with van der Waals surface area (Å²) in [6.45, 7) is 0. The van der Waals surface area contributed by atoms with Crippen LogP contribution in [0.15, 0.2) is 42.6 Å². The predicted octanol–water partition coefficient (Wildman–Crippen LogP) is 4.03. The second-order valence-corrected chi connectivity index (χ2v) is 6.38. The summed E-state index contributed by atoms with van der Waals surface area (Å²) in [5, 5.41) is 5.11. The van der Waals surface area contributed by atoms with Crippen molar-refractivity contribution in [3.05, 3.63) is 59.4 Å². The van der Waals surface area contributed by atoms with Crippen LogP contribution in [-0.4, -0.2) is 22.8 Å². The summed E-state index contributed by atoms with van der Waals surface area (Å²) in [4.78, 5) is 28.6. The molecule has 8 heteroatoms. The second-order valence-electron chi connectivity index (χ2n) is 6.38. The van der Waals surface area contributed by atoms with Gasteiger partial charge in [0.25, 0.3) is 11.8 Å². The number of anilines is 1. The minimum Gasteiger partial charge on any atom is -0.348 e. The monoisotopic (exact) mass is 377 g/mol. The van der Waals surface area contributed by atoms with E-state index in [-0.39, 0.29) is 23.0 Å². The van der Waals surface area contributed by atoms with Gasteiger partial charge in [-0.1, -0.05) is 25.0 Å². The number of hydrogen-bond donors (Lipinski definition) is 2. The third-order valence-corrected chi connectivity index (χ3v) is 4.43. The van der Waals surface area contributed by atoms with E-state index in [9.17, 15) is 22.8 Å². The molecule has 0 atom stereocenters. The molecule has 0 bridgehead atoms. The molecule has 0 radical (unpaired) electrons. The van der Waals surface area contributed by atoms with Gasteiger partial charge in [-0.2, -0.15) is 13.2 Å². The average molecular weight is 377 g/mol. The number of pyridine rings is 1. The highest BCUT2D eigenvalue weighted by molar-refractivity contribution is 6.06. The van der Waals surface area contributed by atoms with Crippen molar-refractivity contribution >= 4 is 17.5 Å². The number of amides is 2. The lowest BCUT2D eigenvalue weighted by molar-refractivity contribution is -0.136. The molecule has 2 aromatic rings. The van der Waals surface area contributed by atoms with Gasteiger partial charge in [-0.05, 0) is 37.1 Å². The van der Waals surface area contributed by atoms with E-state index in [2.05, 4.69) is 15.6 Å². The third-order valence-electron chi connectivity index (χ3n) is 4.43. The van der Waals surface area contributed by atoms with Crippen LogP contribution in [0.4, 0.5) is 18.9 Å². The summed E-state index contributed by atoms with van der Waals surface area (Å²) in [5.41, 5.74) is -1.17. The number of hydrogen-bond acceptors (Lipinski definition) is 3. The first kappa shape index (κ1) is 18.9. The number of para-hydroxylation sites is 1. The fraction of sp³-hybridized carbons (Fsp3) is 0.316. The summed E-state index contributed by atoms with van der Waals surface area (Å²) in [6, 6.07) is 7.43. The van der Waals surface area contributed by atoms with Gasteiger partial charge in [-0.15, -0.1) is 0 Å². The normalized spacial score (nSPS) is 14.8. The molecule has 1 saturated carbocycles. The Morgan fingerprint density at radius 2 is 1.74 bits per heavy atom. The van der Waals surface area contributed by atoms with Gasteiger partial charge in [0, 0.05) is 17.8 Å². The Labute approximate surface area is 154 Å². The maximum absolute atomic E-state index is 13.1. The molecule has 1 aromatic heterocycles. The number of aromatic nitrogens is 1. The quantitative estimate of drug-likeness (QED) is 0.845. The van der Waals surface area contributed by atoms with Crippen LogP contribution in [0.3, 0.4) is 0 Å². The standard InChI is InChI=1S/C19H18F3N3O2/c20-19(21,22)14-7-3-4-8-15(14)25-17(26)12-9-10-23-16(11-12)18(27)24-13-5-1-2-6-13/h3-4,7-11,13H,1-2,5-6H2,(H,24,27)(H,25,26). The lowest BCUT2D eigenvalue weighted by Crippen LogP contribution is -2.33. The Balaban J connectivity index is 1.75. The van der Waals surface area contributed by atoms with Crippen molar-refractivity contribution in [2.24, 2.45) is 0 Å². The van der Waals surface area contributed by atoms with Gasteiger partial charge in [-0.3, -0.25) is 14.6 Å². The Morgan fingerprint density at radius 1 is 1.04 bits per heavy atom. The minimum atomic E-state index is -4.59. The zero-order valence-corrected chi connectivity index (χ0v) is 14.3. The van der Waals surface area contributed by atoms with E-state index >= 15 is 0 Å². The van der Waals surface area contributed by atoms with Gasteiger partial charge in [0.1, 0.15) is 5.69 Å². The van der Waals surface area contributed by atoms with Gasteiger partial charge < -0.3 is 10.6 Å². The first-order chi connectivity index (χ1) is 12.8. The maximum atomic E-state index is 13.1. The number of carbonyl (C=O) groups excluding carboxylic acids is 2. The Kier molecular flexibility index (Phi) is 5.43. The lowest BCUT2D eigenvalue weighted by atomic mass is 10.1. The van der Waals surface area contributed by atoms with E-state index < -0.39 is 23.6 Å². The highest BCUT2D eigenvalue weighted by Crippen LogP contribution is 2.34. The molecule has 1 aromatic carbocycles. The highest BCUT2D eigenvalue weighted by Gasteiger charge is 2.33. The SMILES string of the molecule is O=C(Nc1ccccc1C(F)(F)F)c1ccnc(C(=O)NC2CCCC2)c1. The number of rotatable bonds is 4. The molecule has 1 heterocycles. The summed E-state index contributed by atoms with van der Waals surface area (Å²) in [5.74, 6) is -1.14. The molecule has 3 rings (SSSR count). The molecule has 2 amide bonds. The molecule has 1 fully saturated rings. The second kappa shape index (κ2) is 7.77. The van der Waals surface area contributed by atoms with Crippen molar-refractivity contribution in [3.63, 3.8) is 0 Å². The Bertz CT molecular complexity index is 846. The molecule has 1 aliphatic carbocycles. The van der Waals surface area contributed by atoms with E-state index in [1.165, 1.54) is 36.5 Å². The number of nitrogens with zero attached hydrogens (tertiary/aromatic N) is 1. The molecule has 1 aliphatic rings. The van der Waals surface area contributed by atoms with Crippen molar-refractivity contribution in [1.82, 2.24) is 10.3 Å². The van der Waals surface area contributed by atoms with Gasteiger partial charge in [0.05, 0.1) is 11.3 Å². The largest absolute Gasteiger partial charge is 0.418 e. The van der Waals surface area contributed by atoms with Crippen molar-refractivity contribution in [2.75, 3.05) is 5.32 Å². The van der Waals surface area contributed by atoms with Crippen LogP contribution < -0.4 is 10.6 Å². The fourth-order valence-corrected chi connectivity index (χ4v) is 3.06. The average Bonchev–Trinajstić information content (AvgIpc) is 3.14. The molecule has 0 unspecified atom stereocenters. The van der Waals surface area contributed by atoms with Crippen LogP contribution in [0.2, 0.25) is 0 Å². The molecule has 142 valence electrons. The number of alkyl halides is 3. The van der Waals surface area contributed by atoms with Crippen molar-refractivity contribution in [1.29, 1.82) is 0 Å². The van der Waals surface area contributed by atoms with Crippen LogP contribution in [-0.2, 0) is 6.18 Å². The summed E-state index contributed by atoms with van der Waals surface area (Å²) < 4.78 is 39.2. The van der Waals surface area contributed by atoms with Gasteiger partial charge in [0.15, 0.2) is 0 Å². The van der Waals surface area contributed by atoms with Crippen molar-refractivity contribution in [2.45, 2.75) is 37.9 Å². The molecule has 27 heavy (non-hydrogen) atoms. The lowest BCUT2D eigenvalue weighted by Gasteiger charge is -2.14. The summed E-state index contributed by atoms with van der Waals surface area (Å²) in [6.07, 6.45) is 0.613. The summed E-state index contributed by atoms with van der Waals surface area (Å²) in [7, 11) is 0. The summed E-state index contributed by atoms with van der Waals surface area (Å²) >= 11 is 0. The number of benzene rings is 1. The van der Waals surface area contributed by atoms with Crippen LogP contribution >= 0.6 is 0 Å². The van der Waals surface area contributed by atoms with E-state index in [4.69, 9.17) is 0 Å². The zero-order chi connectivity index (χ0) is 19.4. The van der Waals surface area contributed by atoms with Crippen LogP contribution in [0.1, 0.15) is 52.1 Å². The van der Waals surface area contributed by atoms with E-state index in [0.29, 0.717) is 0 Å². The van der Waals surface area contributed by atoms with Gasteiger partial charge in [-0.25, -0.2) is 0 Å². The van der Waals surface area contributed by atoms with E-state index in [0.717, 1.165) is 31.7 Å². The smallest absolute Gasteiger partial charge is 0.348 e. The molecule has 0 saturated heterocycles. The van der Waals surface area contributed by atoms with Crippen LogP contribution in [0.5, 0.6) is 0 Å². The first-order valence-electron chi connectivity index (χ1n) is 8.59. The highest BCUT2D eigenvalue weighted by atomic mass is 19.4. The van der Waals surface area contributed by atoms with Crippen LogP contribution in [0.25, 0.3) is 0 Å². The molecular formula is C19H18F3N3O2. The third kappa shape index (κ3) is 4.64. The maximum Gasteiger partial charge on any atom is 0.418 e. The van der Waals surface area contributed by atoms with Gasteiger partial charge in [0.2, 0.25) is 0 Å². The molecule has 0 spiro atoms. The minimum absolute atomic E-state index is 0.0542. The molecule has 2 N–H and O–H groups in total. The number of halogens is 3. The van der Waals surface area contributed by atoms with Gasteiger partial charge >= 0.3 is 6.18 Å². The zero-order valence-electron chi connectivity index (χ0n) is 14.3. The number of nitrogens with one attached hydrogen (secondary N) is 2. The molecular weight excluding hydrogens is 359 g/mol. The van der Waals surface area contributed by atoms with Crippen molar-refractivity contribution in [3.8, 4) is 0 Å². The molecule has 0 aliphatic heterocycles. The van der Waals surface area contributed by atoms with Crippen molar-refractivity contribution < 1.29 is 22.8 Å². The Hall–Kier alpha value is -2.90. The molecule has 5 nitrogen and oxygen atoms in total.